The molecule has 0 aliphatic heterocycles. The molecule has 11 nitrogen and oxygen atoms in total. The lowest BCUT2D eigenvalue weighted by Crippen LogP contribution is -2.24. The van der Waals surface area contributed by atoms with E-state index in [9.17, 15) is 25.0 Å². The summed E-state index contributed by atoms with van der Waals surface area (Å²) in [5.41, 5.74) is 6.16. The van der Waals surface area contributed by atoms with E-state index in [4.69, 9.17) is 4.84 Å². The number of hydrazone groups is 1. The molecule has 0 saturated carbocycles. The molecule has 0 aliphatic rings. The summed E-state index contributed by atoms with van der Waals surface area (Å²) in [4.78, 5) is 38.3. The van der Waals surface area contributed by atoms with Gasteiger partial charge in [0.2, 0.25) is 5.91 Å². The van der Waals surface area contributed by atoms with Gasteiger partial charge in [-0.1, -0.05) is 60.7 Å². The lowest BCUT2D eigenvalue weighted by Gasteiger charge is -2.09. The van der Waals surface area contributed by atoms with Crippen molar-refractivity contribution in [3.05, 3.63) is 110 Å². The molecule has 3 aromatic rings. The Morgan fingerprint density at radius 3 is 2.21 bits per heavy atom. The van der Waals surface area contributed by atoms with E-state index in [1.165, 1.54) is 6.07 Å². The summed E-state index contributed by atoms with van der Waals surface area (Å²) >= 11 is 0. The van der Waals surface area contributed by atoms with Crippen LogP contribution in [0, 0.1) is 20.2 Å². The van der Waals surface area contributed by atoms with Gasteiger partial charge in [0.05, 0.1) is 28.2 Å². The van der Waals surface area contributed by atoms with Crippen LogP contribution in [0.25, 0.3) is 0 Å². The molecule has 1 amide bonds. The molecule has 0 unspecified atom stereocenters. The number of non-ortho nitro benzene ring substituents is 1. The number of hydrogen-bond donors (Lipinski definition) is 2. The number of carbonyl (C=O) groups is 1. The molecule has 11 heteroatoms. The van der Waals surface area contributed by atoms with Gasteiger partial charge in [-0.15, -0.1) is 0 Å². The number of amides is 1. The molecule has 0 spiro atoms. The monoisotopic (exact) mass is 463 g/mol. The SMILES string of the molecule is O=C(CC/C(=N/Nc1ccc([N+](=O)[O-])cc1[N+](=O)[O-])c1ccccc1)NOCc1ccccc1. The molecular weight excluding hydrogens is 442 g/mol. The Kier molecular flexibility index (Phi) is 8.36. The number of carbonyl (C=O) groups excluding carboxylic acids is 1. The average Bonchev–Trinajstić information content (AvgIpc) is 2.85. The molecule has 0 aromatic heterocycles. The van der Waals surface area contributed by atoms with Gasteiger partial charge >= 0.3 is 5.69 Å². The molecule has 34 heavy (non-hydrogen) atoms. The van der Waals surface area contributed by atoms with Crippen molar-refractivity contribution in [3.63, 3.8) is 0 Å². The van der Waals surface area contributed by atoms with Gasteiger partial charge in [0.1, 0.15) is 5.69 Å². The number of rotatable bonds is 11. The molecule has 0 aliphatic carbocycles. The maximum atomic E-state index is 12.2. The zero-order valence-electron chi connectivity index (χ0n) is 17.9. The highest BCUT2D eigenvalue weighted by Crippen LogP contribution is 2.29. The van der Waals surface area contributed by atoms with Gasteiger partial charge in [-0.3, -0.25) is 35.3 Å². The molecule has 0 saturated heterocycles. The maximum absolute atomic E-state index is 12.2. The van der Waals surface area contributed by atoms with E-state index in [1.807, 2.05) is 36.4 Å². The highest BCUT2D eigenvalue weighted by molar-refractivity contribution is 6.02. The lowest BCUT2D eigenvalue weighted by atomic mass is 10.1. The standard InChI is InChI=1S/C23H21N5O6/c29-23(26-34-16-17-7-3-1-4-8-17)14-13-20(18-9-5-2-6-10-18)24-25-21-12-11-19(27(30)31)15-22(21)28(32)33/h1-12,15,25H,13-14,16H2,(H,26,29)/b24-20-. The Hall–Kier alpha value is -4.64. The highest BCUT2D eigenvalue weighted by atomic mass is 16.7. The number of nitro groups is 2. The van der Waals surface area contributed by atoms with Crippen LogP contribution >= 0.6 is 0 Å². The minimum atomic E-state index is -0.732. The first-order valence-corrected chi connectivity index (χ1v) is 10.2. The summed E-state index contributed by atoms with van der Waals surface area (Å²) in [5, 5.41) is 26.5. The number of nitrogens with one attached hydrogen (secondary N) is 2. The lowest BCUT2D eigenvalue weighted by molar-refractivity contribution is -0.393. The molecule has 0 radical (unpaired) electrons. The maximum Gasteiger partial charge on any atom is 0.301 e. The van der Waals surface area contributed by atoms with Crippen molar-refractivity contribution in [1.82, 2.24) is 5.48 Å². The van der Waals surface area contributed by atoms with Crippen LogP contribution in [0.5, 0.6) is 0 Å². The van der Waals surface area contributed by atoms with Gasteiger partial charge in [0.15, 0.2) is 0 Å². The topological polar surface area (TPSA) is 149 Å². The Morgan fingerprint density at radius 2 is 1.56 bits per heavy atom. The van der Waals surface area contributed by atoms with Gasteiger partial charge in [-0.05, 0) is 17.2 Å². The van der Waals surface area contributed by atoms with E-state index in [0.29, 0.717) is 11.3 Å². The van der Waals surface area contributed by atoms with Crippen molar-refractivity contribution in [1.29, 1.82) is 0 Å². The van der Waals surface area contributed by atoms with Crippen molar-refractivity contribution in [2.45, 2.75) is 19.4 Å². The normalized spacial score (nSPS) is 11.0. The zero-order chi connectivity index (χ0) is 24.3. The summed E-state index contributed by atoms with van der Waals surface area (Å²) < 4.78 is 0. The van der Waals surface area contributed by atoms with Gasteiger partial charge in [-0.2, -0.15) is 5.10 Å². The molecule has 2 N–H and O–H groups in total. The molecule has 3 rings (SSSR count). The van der Waals surface area contributed by atoms with Crippen LogP contribution in [0.3, 0.4) is 0 Å². The quantitative estimate of drug-likeness (QED) is 0.244. The third-order valence-corrected chi connectivity index (χ3v) is 4.66. The summed E-state index contributed by atoms with van der Waals surface area (Å²) in [5.74, 6) is -0.360. The minimum Gasteiger partial charge on any atom is -0.273 e. The first-order valence-electron chi connectivity index (χ1n) is 10.2. The number of hydroxylamine groups is 1. The minimum absolute atomic E-state index is 0.0142. The van der Waals surface area contributed by atoms with Crippen LogP contribution in [0.15, 0.2) is 84.0 Å². The molecule has 3 aromatic carbocycles. The second-order valence-corrected chi connectivity index (χ2v) is 7.05. The summed E-state index contributed by atoms with van der Waals surface area (Å²) in [6.45, 7) is 0.220. The number of nitro benzene ring substituents is 2. The van der Waals surface area contributed by atoms with Crippen LogP contribution < -0.4 is 10.9 Å². The second-order valence-electron chi connectivity index (χ2n) is 7.05. The average molecular weight is 463 g/mol. The Morgan fingerprint density at radius 1 is 0.882 bits per heavy atom. The Balaban J connectivity index is 1.69. The predicted octanol–water partition coefficient (Wildman–Crippen LogP) is 4.35. The fraction of sp³-hybridized carbons (Fsp3) is 0.130. The number of benzene rings is 3. The fourth-order valence-electron chi connectivity index (χ4n) is 2.96. The fourth-order valence-corrected chi connectivity index (χ4v) is 2.96. The number of anilines is 1. The van der Waals surface area contributed by atoms with E-state index in [2.05, 4.69) is 16.0 Å². The first-order chi connectivity index (χ1) is 16.4. The third kappa shape index (κ3) is 6.93. The van der Waals surface area contributed by atoms with Crippen LogP contribution in [0.1, 0.15) is 24.0 Å². The first kappa shape index (κ1) is 24.0. The zero-order valence-corrected chi connectivity index (χ0v) is 17.9. The summed E-state index contributed by atoms with van der Waals surface area (Å²) in [6, 6.07) is 21.6. The van der Waals surface area contributed by atoms with Crippen LogP contribution in [0.2, 0.25) is 0 Å². The molecule has 0 heterocycles. The van der Waals surface area contributed by atoms with E-state index in [-0.39, 0.29) is 31.0 Å². The van der Waals surface area contributed by atoms with E-state index >= 15 is 0 Å². The summed E-state index contributed by atoms with van der Waals surface area (Å²) in [7, 11) is 0. The van der Waals surface area contributed by atoms with Crippen LogP contribution in [-0.2, 0) is 16.2 Å². The molecule has 0 atom stereocenters. The van der Waals surface area contributed by atoms with Gasteiger partial charge < -0.3 is 0 Å². The Bertz CT molecular complexity index is 1180. The van der Waals surface area contributed by atoms with Crippen molar-refractivity contribution in [2.75, 3.05) is 5.43 Å². The van der Waals surface area contributed by atoms with Gasteiger partial charge in [0, 0.05) is 18.9 Å². The summed E-state index contributed by atoms with van der Waals surface area (Å²) in [6.07, 6.45) is 0.255. The third-order valence-electron chi connectivity index (χ3n) is 4.66. The van der Waals surface area contributed by atoms with Crippen molar-refractivity contribution in [3.8, 4) is 0 Å². The largest absolute Gasteiger partial charge is 0.301 e. The van der Waals surface area contributed by atoms with E-state index < -0.39 is 21.2 Å². The van der Waals surface area contributed by atoms with Crippen molar-refractivity contribution < 1.29 is 19.5 Å². The predicted molar refractivity (Wildman–Crippen MR) is 125 cm³/mol. The molecule has 0 fully saturated rings. The van der Waals surface area contributed by atoms with Gasteiger partial charge in [-0.25, -0.2) is 5.48 Å². The van der Waals surface area contributed by atoms with E-state index in [1.54, 1.807) is 24.3 Å². The van der Waals surface area contributed by atoms with Crippen molar-refractivity contribution >= 4 is 28.7 Å². The van der Waals surface area contributed by atoms with Gasteiger partial charge in [0.25, 0.3) is 5.69 Å². The second kappa shape index (κ2) is 11.8. The van der Waals surface area contributed by atoms with Crippen LogP contribution in [-0.4, -0.2) is 21.5 Å². The number of hydrogen-bond acceptors (Lipinski definition) is 8. The van der Waals surface area contributed by atoms with Crippen molar-refractivity contribution in [2.24, 2.45) is 5.10 Å². The molecular formula is C23H21N5O6. The highest BCUT2D eigenvalue weighted by Gasteiger charge is 2.19. The molecule has 174 valence electrons. The van der Waals surface area contributed by atoms with Crippen LogP contribution in [0.4, 0.5) is 17.1 Å². The smallest absolute Gasteiger partial charge is 0.273 e. The molecule has 0 bridgehead atoms. The van der Waals surface area contributed by atoms with E-state index in [0.717, 1.165) is 17.7 Å². The number of nitrogens with zero attached hydrogens (tertiary/aromatic N) is 3. The Labute approximate surface area is 194 Å².